The van der Waals surface area contributed by atoms with Gasteiger partial charge in [-0.15, -0.1) is 23.2 Å². The molecule has 0 aliphatic heterocycles. The van der Waals surface area contributed by atoms with Crippen LogP contribution in [-0.2, 0) is 4.79 Å². The molecule has 0 saturated heterocycles. The average molecular weight is 589 g/mol. The number of hydrogen-bond acceptors (Lipinski definition) is 2. The van der Waals surface area contributed by atoms with Crippen molar-refractivity contribution in [1.82, 2.24) is 0 Å². The van der Waals surface area contributed by atoms with Gasteiger partial charge in [0.25, 0.3) is 5.91 Å². The number of carbonyl (C=O) groups is 2. The Bertz CT molecular complexity index is 1300. The molecular formula is C26H20Cl5FN2O2. The van der Waals surface area contributed by atoms with Crippen LogP contribution in [0.5, 0.6) is 0 Å². The van der Waals surface area contributed by atoms with Crippen LogP contribution in [0.4, 0.5) is 15.8 Å². The van der Waals surface area contributed by atoms with E-state index < -0.39 is 27.9 Å². The minimum absolute atomic E-state index is 0.184. The molecular weight excluding hydrogens is 569 g/mol. The van der Waals surface area contributed by atoms with Crippen LogP contribution in [0.1, 0.15) is 35.2 Å². The largest absolute Gasteiger partial charge is 0.326 e. The Morgan fingerprint density at radius 2 is 1.61 bits per heavy atom. The molecule has 2 amide bonds. The maximum atomic E-state index is 13.4. The van der Waals surface area contributed by atoms with Crippen LogP contribution >= 0.6 is 58.0 Å². The van der Waals surface area contributed by atoms with Crippen molar-refractivity contribution in [3.8, 4) is 0 Å². The van der Waals surface area contributed by atoms with Gasteiger partial charge in [-0.05, 0) is 72.6 Å². The van der Waals surface area contributed by atoms with Gasteiger partial charge >= 0.3 is 0 Å². The standard InChI is InChI=1S/C26H20Cl5FN2O2/c1-2-9-34(19-6-3-17(32)4-7-19)25(36)20-13-18(5-8-21(20)29)33-24(35)23-22(26(23,30)31)14-10-15(27)12-16(28)11-14/h3-8,10-13,22-23H,2,9H2,1H3,(H,33,35)/t22-,23+/m0/s1. The lowest BCUT2D eigenvalue weighted by atomic mass is 10.1. The van der Waals surface area contributed by atoms with E-state index in [1.807, 2.05) is 6.92 Å². The van der Waals surface area contributed by atoms with Crippen LogP contribution in [-0.4, -0.2) is 22.7 Å². The van der Waals surface area contributed by atoms with Gasteiger partial charge < -0.3 is 10.2 Å². The van der Waals surface area contributed by atoms with Crippen molar-refractivity contribution in [2.45, 2.75) is 23.6 Å². The predicted octanol–water partition coefficient (Wildman–Crippen LogP) is 8.37. The summed E-state index contributed by atoms with van der Waals surface area (Å²) in [6.45, 7) is 2.32. The van der Waals surface area contributed by atoms with Crippen molar-refractivity contribution in [1.29, 1.82) is 0 Å². The Morgan fingerprint density at radius 1 is 0.972 bits per heavy atom. The summed E-state index contributed by atoms with van der Waals surface area (Å²) in [5.41, 5.74) is 1.72. The highest BCUT2D eigenvalue weighted by Gasteiger charge is 2.67. The van der Waals surface area contributed by atoms with E-state index in [9.17, 15) is 14.0 Å². The van der Waals surface area contributed by atoms with Crippen LogP contribution in [0.2, 0.25) is 15.1 Å². The zero-order valence-electron chi connectivity index (χ0n) is 18.9. The Morgan fingerprint density at radius 3 is 2.22 bits per heavy atom. The molecule has 0 heterocycles. The van der Waals surface area contributed by atoms with E-state index in [4.69, 9.17) is 58.0 Å². The highest BCUT2D eigenvalue weighted by Crippen LogP contribution is 2.65. The first-order valence-corrected chi connectivity index (χ1v) is 12.9. The van der Waals surface area contributed by atoms with Crippen molar-refractivity contribution in [3.05, 3.63) is 92.7 Å². The Labute approximate surface area is 233 Å². The molecule has 10 heteroatoms. The van der Waals surface area contributed by atoms with Crippen LogP contribution in [0.15, 0.2) is 60.7 Å². The van der Waals surface area contributed by atoms with E-state index in [0.717, 1.165) is 0 Å². The summed E-state index contributed by atoms with van der Waals surface area (Å²) < 4.78 is 12.1. The van der Waals surface area contributed by atoms with Gasteiger partial charge in [0.2, 0.25) is 5.91 Å². The Kier molecular flexibility index (Phi) is 8.08. The minimum Gasteiger partial charge on any atom is -0.326 e. The second kappa shape index (κ2) is 10.8. The summed E-state index contributed by atoms with van der Waals surface area (Å²) >= 11 is 31.4. The second-order valence-corrected chi connectivity index (χ2v) is 11.2. The molecule has 0 spiro atoms. The summed E-state index contributed by atoms with van der Waals surface area (Å²) in [7, 11) is 0. The number of halogens is 6. The van der Waals surface area contributed by atoms with Gasteiger partial charge in [-0.1, -0.05) is 41.7 Å². The highest BCUT2D eigenvalue weighted by molar-refractivity contribution is 6.53. The van der Waals surface area contributed by atoms with Gasteiger partial charge in [0.15, 0.2) is 0 Å². The fourth-order valence-electron chi connectivity index (χ4n) is 4.15. The van der Waals surface area contributed by atoms with Crippen molar-refractivity contribution in [3.63, 3.8) is 0 Å². The summed E-state index contributed by atoms with van der Waals surface area (Å²) in [6.07, 6.45) is 0.668. The van der Waals surface area contributed by atoms with E-state index in [0.29, 0.717) is 39.9 Å². The third-order valence-electron chi connectivity index (χ3n) is 5.87. The van der Waals surface area contributed by atoms with Crippen LogP contribution in [0, 0.1) is 11.7 Å². The molecule has 188 valence electrons. The molecule has 2 atom stereocenters. The topological polar surface area (TPSA) is 49.4 Å². The first kappa shape index (κ1) is 27.0. The number of hydrogen-bond donors (Lipinski definition) is 1. The second-order valence-electron chi connectivity index (χ2n) is 8.45. The first-order chi connectivity index (χ1) is 17.0. The zero-order valence-corrected chi connectivity index (χ0v) is 22.7. The number of nitrogens with one attached hydrogen (secondary N) is 1. The lowest BCUT2D eigenvalue weighted by Crippen LogP contribution is -2.32. The van der Waals surface area contributed by atoms with E-state index in [-0.39, 0.29) is 16.5 Å². The number of alkyl halides is 2. The lowest BCUT2D eigenvalue weighted by Gasteiger charge is -2.23. The van der Waals surface area contributed by atoms with Gasteiger partial charge in [-0.25, -0.2) is 4.39 Å². The van der Waals surface area contributed by atoms with Crippen molar-refractivity contribution < 1.29 is 14.0 Å². The van der Waals surface area contributed by atoms with E-state index in [1.54, 1.807) is 24.3 Å². The van der Waals surface area contributed by atoms with Gasteiger partial charge in [-0.2, -0.15) is 0 Å². The lowest BCUT2D eigenvalue weighted by molar-refractivity contribution is -0.117. The minimum atomic E-state index is -1.34. The quantitative estimate of drug-likeness (QED) is 0.282. The number of carbonyl (C=O) groups excluding carboxylic acids is 2. The van der Waals surface area contributed by atoms with E-state index in [1.165, 1.54) is 41.3 Å². The van der Waals surface area contributed by atoms with Crippen LogP contribution < -0.4 is 10.2 Å². The smallest absolute Gasteiger partial charge is 0.259 e. The number of nitrogens with zero attached hydrogens (tertiary/aromatic N) is 1. The molecule has 4 rings (SSSR count). The number of anilines is 2. The Balaban J connectivity index is 1.56. The predicted molar refractivity (Wildman–Crippen MR) is 146 cm³/mol. The third-order valence-corrected chi connectivity index (χ3v) is 7.58. The molecule has 1 saturated carbocycles. The first-order valence-electron chi connectivity index (χ1n) is 11.0. The number of amides is 2. The SMILES string of the molecule is CCCN(C(=O)c1cc(NC(=O)[C@H]2[C@H](c3cc(Cl)cc(Cl)c3)C2(Cl)Cl)ccc1Cl)c1ccc(F)cc1. The number of rotatable bonds is 7. The van der Waals surface area contributed by atoms with Crippen LogP contribution in [0.3, 0.4) is 0 Å². The summed E-state index contributed by atoms with van der Waals surface area (Å²) in [5.74, 6) is -2.49. The molecule has 0 bridgehead atoms. The third kappa shape index (κ3) is 5.61. The molecule has 3 aromatic carbocycles. The van der Waals surface area contributed by atoms with Gasteiger partial charge in [-0.3, -0.25) is 9.59 Å². The molecule has 36 heavy (non-hydrogen) atoms. The maximum Gasteiger partial charge on any atom is 0.259 e. The summed E-state index contributed by atoms with van der Waals surface area (Å²) in [5, 5.41) is 3.80. The molecule has 0 unspecified atom stereocenters. The molecule has 3 aromatic rings. The highest BCUT2D eigenvalue weighted by atomic mass is 35.5. The van der Waals surface area contributed by atoms with Crippen LogP contribution in [0.25, 0.3) is 0 Å². The molecule has 0 radical (unpaired) electrons. The summed E-state index contributed by atoms with van der Waals surface area (Å²) in [4.78, 5) is 28.0. The summed E-state index contributed by atoms with van der Waals surface area (Å²) in [6, 6.07) is 15.1. The zero-order chi connectivity index (χ0) is 26.2. The molecule has 4 nitrogen and oxygen atoms in total. The fraction of sp³-hybridized carbons (Fsp3) is 0.231. The van der Waals surface area contributed by atoms with Gasteiger partial charge in [0.1, 0.15) is 10.2 Å². The molecule has 1 aliphatic rings. The van der Waals surface area contributed by atoms with E-state index in [2.05, 4.69) is 5.32 Å². The van der Waals surface area contributed by atoms with Crippen molar-refractivity contribution >= 4 is 81.2 Å². The maximum absolute atomic E-state index is 13.4. The Hall–Kier alpha value is -2.02. The van der Waals surface area contributed by atoms with E-state index >= 15 is 0 Å². The van der Waals surface area contributed by atoms with Gasteiger partial charge in [0.05, 0.1) is 16.5 Å². The normalized spacial score (nSPS) is 18.0. The van der Waals surface area contributed by atoms with Crippen molar-refractivity contribution in [2.75, 3.05) is 16.8 Å². The van der Waals surface area contributed by atoms with Gasteiger partial charge in [0, 0.05) is 33.9 Å². The molecule has 1 aliphatic carbocycles. The molecule has 1 N–H and O–H groups in total. The average Bonchev–Trinajstić information content (AvgIpc) is 3.40. The van der Waals surface area contributed by atoms with Crippen molar-refractivity contribution in [2.24, 2.45) is 5.92 Å². The fourth-order valence-corrected chi connectivity index (χ4v) is 5.72. The molecule has 0 aromatic heterocycles. The molecule has 1 fully saturated rings. The monoisotopic (exact) mass is 586 g/mol. The number of benzene rings is 3.